The van der Waals surface area contributed by atoms with E-state index in [-0.39, 0.29) is 73.3 Å². The van der Waals surface area contributed by atoms with Gasteiger partial charge in [0.05, 0.1) is 12.5 Å². The summed E-state index contributed by atoms with van der Waals surface area (Å²) in [4.78, 5) is 113. The average molecular weight is 715 g/mol. The maximum atomic E-state index is 14.2. The zero-order valence-electron chi connectivity index (χ0n) is 27.2. The maximum absolute atomic E-state index is 14.2. The summed E-state index contributed by atoms with van der Waals surface area (Å²) in [5.41, 5.74) is -0.202. The molecule has 49 heavy (non-hydrogen) atoms. The van der Waals surface area contributed by atoms with Crippen LogP contribution in [0.15, 0.2) is 18.2 Å². The third kappa shape index (κ3) is 6.57. The molecule has 3 fully saturated rings. The van der Waals surface area contributed by atoms with E-state index in [1.165, 1.54) is 18.7 Å². The number of piperazine rings is 1. The van der Waals surface area contributed by atoms with Crippen molar-refractivity contribution in [3.05, 3.63) is 23.8 Å². The number of carbonyl (C=O) groups excluding carboxylic acids is 9. The van der Waals surface area contributed by atoms with E-state index in [1.807, 2.05) is 0 Å². The Morgan fingerprint density at radius 2 is 1.67 bits per heavy atom. The molecule has 0 aromatic heterocycles. The molecule has 3 heterocycles. The predicted molar refractivity (Wildman–Crippen MR) is 155 cm³/mol. The van der Waals surface area contributed by atoms with Crippen molar-refractivity contribution in [2.45, 2.75) is 62.5 Å². The van der Waals surface area contributed by atoms with Gasteiger partial charge in [0.15, 0.2) is 17.5 Å². The number of nitrogens with zero attached hydrogens (tertiary/aromatic N) is 4. The van der Waals surface area contributed by atoms with E-state index in [9.17, 15) is 52.8 Å². The Labute approximate surface area is 304 Å². The van der Waals surface area contributed by atoms with Crippen LogP contribution in [0.1, 0.15) is 46.2 Å². The van der Waals surface area contributed by atoms with Crippen LogP contribution in [0, 0.1) is 0 Å². The molecule has 3 unspecified atom stereocenters. The third-order valence-corrected chi connectivity index (χ3v) is 10.3. The quantitative estimate of drug-likeness (QED) is 0.0389. The van der Waals surface area contributed by atoms with E-state index in [0.717, 1.165) is 32.0 Å². The minimum absolute atomic E-state index is 0. The summed E-state index contributed by atoms with van der Waals surface area (Å²) in [5.74, 6) is -8.61. The Morgan fingerprint density at radius 3 is 2.20 bits per heavy atom. The van der Waals surface area contributed by atoms with Crippen LogP contribution in [0.25, 0.3) is 0 Å². The molecular weight excluding hydrogens is 683 g/mol. The van der Waals surface area contributed by atoms with E-state index in [2.05, 4.69) is 10.6 Å². The number of benzene rings is 1. The fourth-order valence-electron chi connectivity index (χ4n) is 5.97. The largest absolute Gasteiger partial charge is 1.00 e. The van der Waals surface area contributed by atoms with Gasteiger partial charge >= 0.3 is 58.3 Å². The summed E-state index contributed by atoms with van der Waals surface area (Å²) >= 11 is -2.38. The van der Waals surface area contributed by atoms with Crippen LogP contribution in [-0.2, 0) is 54.3 Å². The number of carbonyl (C=O) groups is 9. The molecule has 3 aliphatic heterocycles. The number of carboxylic acid groups (broad SMARTS) is 1. The second-order valence-electron chi connectivity index (χ2n) is 11.3. The van der Waals surface area contributed by atoms with Crippen molar-refractivity contribution in [3.63, 3.8) is 0 Å². The normalized spacial score (nSPS) is 24.4. The molecule has 21 heteroatoms. The molecule has 4 rings (SSSR count). The van der Waals surface area contributed by atoms with Gasteiger partial charge in [0.25, 0.3) is 5.91 Å². The number of ether oxygens (including phenoxy) is 2. The Kier molecular flexibility index (Phi) is 11.8. The maximum Gasteiger partial charge on any atom is 1.00 e. The number of carboxylic acids is 1. The zero-order valence-corrected chi connectivity index (χ0v) is 30.1. The van der Waals surface area contributed by atoms with Crippen LogP contribution in [0.4, 0.5) is 0 Å². The topological polar surface area (TPSA) is 255 Å². The first-order valence-corrected chi connectivity index (χ1v) is 15.5. The molecule has 0 spiro atoms. The molecule has 1 aromatic carbocycles. The first-order valence-electron chi connectivity index (χ1n) is 14.3. The summed E-state index contributed by atoms with van der Waals surface area (Å²) in [6.07, 6.45) is 0.121. The first kappa shape index (κ1) is 39.2. The van der Waals surface area contributed by atoms with Crippen LogP contribution < -0.4 is 54.8 Å². The Hall–Kier alpha value is -4.24. The van der Waals surface area contributed by atoms with Crippen molar-refractivity contribution < 1.29 is 91.8 Å². The number of hydrogen-bond acceptors (Lipinski definition) is 13. The predicted octanol–water partition coefficient (Wildman–Crippen LogP) is -6.97. The number of hydrogen-bond donors (Lipinski definition) is 2. The number of amides is 6. The Morgan fingerprint density at radius 1 is 1.06 bits per heavy atom. The van der Waals surface area contributed by atoms with E-state index in [4.69, 9.17) is 9.47 Å². The van der Waals surface area contributed by atoms with Crippen LogP contribution in [0.3, 0.4) is 0 Å². The summed E-state index contributed by atoms with van der Waals surface area (Å²) in [6, 6.07) is -2.27. The molecule has 258 valence electrons. The molecule has 2 N–H and O–H groups in total. The smallest absolute Gasteiger partial charge is 0.612 e. The molecule has 19 nitrogen and oxygen atoms in total. The van der Waals surface area contributed by atoms with Gasteiger partial charge in [-0.05, 0) is 38.5 Å². The Bertz CT molecular complexity index is 1610. The second kappa shape index (κ2) is 14.7. The fourth-order valence-corrected chi connectivity index (χ4v) is 8.08. The number of aliphatic carboxylic acids is 1. The molecule has 1 aromatic rings. The number of nitrogens with one attached hydrogen (secondary N) is 2. The molecule has 0 bridgehead atoms. The van der Waals surface area contributed by atoms with Gasteiger partial charge in [-0.25, -0.2) is 10.0 Å². The van der Waals surface area contributed by atoms with E-state index in [0.29, 0.717) is 14.9 Å². The summed E-state index contributed by atoms with van der Waals surface area (Å²) < 4.78 is 22.3. The number of esters is 2. The Balaban J connectivity index is 0.00000650. The molecule has 6 amide bonds. The van der Waals surface area contributed by atoms with E-state index >= 15 is 0 Å². The zero-order chi connectivity index (χ0) is 35.9. The van der Waals surface area contributed by atoms with Gasteiger partial charge < -0.3 is 34.1 Å². The third-order valence-electron chi connectivity index (χ3n) is 8.04. The summed E-state index contributed by atoms with van der Waals surface area (Å²) in [5, 5.41) is 17.8. The van der Waals surface area contributed by atoms with Crippen molar-refractivity contribution in [1.29, 1.82) is 0 Å². The number of fused-ring (bicyclic) bond motifs is 1. The van der Waals surface area contributed by atoms with E-state index in [1.54, 1.807) is 6.92 Å². The van der Waals surface area contributed by atoms with Crippen molar-refractivity contribution in [2.75, 3.05) is 19.6 Å². The standard InChI is InChI=1S/C28H32N6O13S.Na/c1-6-31-9-10-32(25(42)24(31)41)33(13-36)19(16-7-8-17(46-14(2)37)18(11-16)47-15(3)38)22(39)30-20-23(40)34-21(26(43)44)27(4,5)48(45)28(20,34)29-12-35;/h7-8,11-13,19-21H,6,9-10H2,1-5H3,(H,29,35)(H,30,39)(H,43,44);/q;+1/p-1/t19?,20-,21-,28?,48?;/m0./s1. The van der Waals surface area contributed by atoms with Crippen molar-refractivity contribution in [2.24, 2.45) is 0 Å². The van der Waals surface area contributed by atoms with Gasteiger partial charge in [0.1, 0.15) is 10.8 Å². The van der Waals surface area contributed by atoms with Gasteiger partial charge in [-0.15, -0.1) is 0 Å². The first-order chi connectivity index (χ1) is 22.5. The van der Waals surface area contributed by atoms with Gasteiger partial charge in [-0.3, -0.25) is 48.6 Å². The van der Waals surface area contributed by atoms with Crippen molar-refractivity contribution in [3.8, 4) is 11.5 Å². The SMILES string of the molecule is CCN1CCN(N(C=O)C(C(=O)N[C@H]2C(=O)N3[C@@H](C(=O)[O-])C(C)(C)[S+]([O-])C23NC=O)c2ccc(OC(C)=O)c(OC(C)=O)c2)C(=O)C1=O.[Na+]. The van der Waals surface area contributed by atoms with Crippen LogP contribution in [0.2, 0.25) is 0 Å². The molecule has 0 radical (unpaired) electrons. The minimum atomic E-state index is -2.38. The number of β-lactam (4-membered cyclic amide) rings is 1. The molecule has 5 atom stereocenters. The van der Waals surface area contributed by atoms with Crippen LogP contribution in [0.5, 0.6) is 11.5 Å². The van der Waals surface area contributed by atoms with Gasteiger partial charge in [0.2, 0.25) is 24.8 Å². The van der Waals surface area contributed by atoms with Gasteiger partial charge in [-0.1, -0.05) is 6.07 Å². The molecule has 0 saturated carbocycles. The summed E-state index contributed by atoms with van der Waals surface area (Å²) in [7, 11) is 0. The monoisotopic (exact) mass is 714 g/mol. The number of rotatable bonds is 12. The molecule has 3 aliphatic rings. The van der Waals surface area contributed by atoms with Crippen LogP contribution >= 0.6 is 0 Å². The summed E-state index contributed by atoms with van der Waals surface area (Å²) in [6.45, 7) is 6.11. The average Bonchev–Trinajstić information content (AvgIpc) is 3.17. The number of hydrazine groups is 1. The fraction of sp³-hybridized carbons (Fsp3) is 0.464. The minimum Gasteiger partial charge on any atom is -0.612 e. The van der Waals surface area contributed by atoms with E-state index < -0.39 is 86.3 Å². The molecule has 0 aliphatic carbocycles. The second-order valence-corrected chi connectivity index (χ2v) is 13.5. The molecular formula is C28H31N6NaO13S. The number of likely N-dealkylation sites (N-methyl/N-ethyl adjacent to an activating group) is 1. The van der Waals surface area contributed by atoms with Gasteiger partial charge in [0, 0.05) is 38.1 Å². The van der Waals surface area contributed by atoms with Crippen molar-refractivity contribution in [1.82, 2.24) is 30.5 Å². The van der Waals surface area contributed by atoms with Crippen LogP contribution in [-0.4, -0.2) is 120 Å². The van der Waals surface area contributed by atoms with Gasteiger partial charge in [-0.2, -0.15) is 0 Å². The van der Waals surface area contributed by atoms with Crippen molar-refractivity contribution >= 4 is 65.5 Å². The molecule has 3 saturated heterocycles.